The molecule has 3 N–H and O–H groups in total. The number of nitrogens with two attached hydrogens (primary N) is 1. The van der Waals surface area contributed by atoms with Crippen LogP contribution in [0.3, 0.4) is 0 Å². The lowest BCUT2D eigenvalue weighted by molar-refractivity contribution is 0.477. The molecule has 0 unspecified atom stereocenters. The summed E-state index contributed by atoms with van der Waals surface area (Å²) >= 11 is 0. The highest BCUT2D eigenvalue weighted by molar-refractivity contribution is 5.99. The predicted octanol–water partition coefficient (Wildman–Crippen LogP) is 9.40. The normalized spacial score (nSPS) is 10.0. The molecule has 0 aliphatic rings. The minimum atomic E-state index is 0.180. The molecule has 0 aliphatic heterocycles. The van der Waals surface area contributed by atoms with E-state index in [1.54, 1.807) is 12.1 Å². The third-order valence-corrected chi connectivity index (χ3v) is 6.24. The average molecular weight is 496 g/mol. The molecule has 0 saturated heterocycles. The van der Waals surface area contributed by atoms with Crippen molar-refractivity contribution in [2.75, 3.05) is 5.73 Å². The Labute approximate surface area is 225 Å². The van der Waals surface area contributed by atoms with Crippen molar-refractivity contribution in [1.29, 1.82) is 0 Å². The monoisotopic (exact) mass is 495 g/mol. The fraction of sp³-hybridized carbons (Fsp3) is 0.0556. The Bertz CT molecular complexity index is 1520. The van der Waals surface area contributed by atoms with Crippen LogP contribution < -0.4 is 5.73 Å². The van der Waals surface area contributed by atoms with E-state index in [0.717, 1.165) is 12.0 Å². The van der Waals surface area contributed by atoms with Crippen molar-refractivity contribution in [1.82, 2.24) is 0 Å². The van der Waals surface area contributed by atoms with E-state index in [9.17, 15) is 0 Å². The third-order valence-electron chi connectivity index (χ3n) is 6.24. The second-order valence-corrected chi connectivity index (χ2v) is 8.87. The molecule has 0 fully saturated rings. The zero-order valence-electron chi connectivity index (χ0n) is 21.7. The summed E-state index contributed by atoms with van der Waals surface area (Å²) < 4.78 is 0. The summed E-state index contributed by atoms with van der Waals surface area (Å²) in [7, 11) is 0. The number of aromatic hydroxyl groups is 1. The molecule has 0 bridgehead atoms. The van der Waals surface area contributed by atoms with E-state index in [1.807, 2.05) is 49.4 Å². The molecule has 2 heteroatoms. The maximum absolute atomic E-state index is 9.11. The van der Waals surface area contributed by atoms with Crippen LogP contribution in [-0.2, 0) is 6.42 Å². The zero-order chi connectivity index (χ0) is 26.6. The van der Waals surface area contributed by atoms with Crippen molar-refractivity contribution in [2.24, 2.45) is 0 Å². The standard InChI is InChI=1S/C22H16.C8H11NO.C6H6/c1-3-8-17(9-4-1)20-15-14-19-12-7-13-21(22(19)16-20)18-10-5-2-6-11-18;1-2-6-3-4-7(9)8(10)5-6;1-2-4-6-5-3-1/h1-16H;3-5,10H,2,9H2,1H3;1-6H. The summed E-state index contributed by atoms with van der Waals surface area (Å²) in [6.45, 7) is 2.03. The van der Waals surface area contributed by atoms with Gasteiger partial charge in [-0.2, -0.15) is 0 Å². The topological polar surface area (TPSA) is 46.2 Å². The van der Waals surface area contributed by atoms with Crippen LogP contribution in [0.2, 0.25) is 0 Å². The molecule has 0 aliphatic carbocycles. The van der Waals surface area contributed by atoms with Crippen molar-refractivity contribution in [3.63, 3.8) is 0 Å². The molecular weight excluding hydrogens is 462 g/mol. The van der Waals surface area contributed by atoms with Gasteiger partial charge < -0.3 is 10.8 Å². The summed E-state index contributed by atoms with van der Waals surface area (Å²) in [6.07, 6.45) is 0.924. The lowest BCUT2D eigenvalue weighted by Crippen LogP contribution is -1.86. The molecule has 6 aromatic rings. The Morgan fingerprint density at radius 1 is 0.526 bits per heavy atom. The summed E-state index contributed by atoms with van der Waals surface area (Å²) in [5.41, 5.74) is 12.0. The van der Waals surface area contributed by atoms with Gasteiger partial charge >= 0.3 is 0 Å². The van der Waals surface area contributed by atoms with Crippen LogP contribution in [0.4, 0.5) is 5.69 Å². The Kier molecular flexibility index (Phi) is 9.31. The van der Waals surface area contributed by atoms with Gasteiger partial charge in [0.15, 0.2) is 0 Å². The SMILES string of the molecule is CCc1ccc(N)c(O)c1.c1ccc(-c2ccc3cccc(-c4ccccc4)c3c2)cc1.c1ccccc1. The Morgan fingerprint density at radius 2 is 1.11 bits per heavy atom. The molecule has 6 rings (SSSR count). The average Bonchev–Trinajstić information content (AvgIpc) is 3.00. The van der Waals surface area contributed by atoms with Crippen molar-refractivity contribution in [3.05, 3.63) is 157 Å². The molecule has 188 valence electrons. The predicted molar refractivity (Wildman–Crippen MR) is 163 cm³/mol. The van der Waals surface area contributed by atoms with Gasteiger partial charge in [0.25, 0.3) is 0 Å². The van der Waals surface area contributed by atoms with Crippen molar-refractivity contribution < 1.29 is 5.11 Å². The number of hydrogen-bond acceptors (Lipinski definition) is 2. The molecule has 0 heterocycles. The van der Waals surface area contributed by atoms with E-state index in [-0.39, 0.29) is 5.75 Å². The smallest absolute Gasteiger partial charge is 0.138 e. The number of fused-ring (bicyclic) bond motifs is 1. The van der Waals surface area contributed by atoms with Gasteiger partial charge in [-0.1, -0.05) is 140 Å². The lowest BCUT2D eigenvalue weighted by atomic mass is 9.95. The van der Waals surface area contributed by atoms with Gasteiger partial charge in [0, 0.05) is 0 Å². The van der Waals surface area contributed by atoms with Gasteiger partial charge in [0.05, 0.1) is 5.69 Å². The van der Waals surface area contributed by atoms with E-state index >= 15 is 0 Å². The van der Waals surface area contributed by atoms with E-state index in [1.165, 1.54) is 33.0 Å². The van der Waals surface area contributed by atoms with Gasteiger partial charge in [0.1, 0.15) is 5.75 Å². The summed E-state index contributed by atoms with van der Waals surface area (Å²) in [6, 6.07) is 51.7. The van der Waals surface area contributed by atoms with Crippen molar-refractivity contribution >= 4 is 16.5 Å². The largest absolute Gasteiger partial charge is 0.506 e. The summed E-state index contributed by atoms with van der Waals surface area (Å²) in [5, 5.41) is 11.7. The number of hydrogen-bond donors (Lipinski definition) is 2. The van der Waals surface area contributed by atoms with Crippen LogP contribution in [0.5, 0.6) is 5.75 Å². The van der Waals surface area contributed by atoms with Gasteiger partial charge in [-0.05, 0) is 63.2 Å². The molecule has 2 nitrogen and oxygen atoms in total. The molecular formula is C36H33NO. The molecule has 0 amide bonds. The van der Waals surface area contributed by atoms with Gasteiger partial charge in [-0.25, -0.2) is 0 Å². The maximum atomic E-state index is 9.11. The number of phenolic OH excluding ortho intramolecular Hbond substituents is 1. The molecule has 38 heavy (non-hydrogen) atoms. The number of rotatable bonds is 3. The quantitative estimate of drug-likeness (QED) is 0.190. The first-order valence-electron chi connectivity index (χ1n) is 12.9. The Hall–Kier alpha value is -4.82. The summed E-state index contributed by atoms with van der Waals surface area (Å²) in [4.78, 5) is 0. The van der Waals surface area contributed by atoms with Gasteiger partial charge in [-0.3, -0.25) is 0 Å². The van der Waals surface area contributed by atoms with Crippen molar-refractivity contribution in [2.45, 2.75) is 13.3 Å². The lowest BCUT2D eigenvalue weighted by Gasteiger charge is -2.09. The zero-order valence-corrected chi connectivity index (χ0v) is 21.7. The molecule has 0 saturated carbocycles. The fourth-order valence-electron chi connectivity index (χ4n) is 4.15. The second-order valence-electron chi connectivity index (χ2n) is 8.87. The van der Waals surface area contributed by atoms with Crippen LogP contribution >= 0.6 is 0 Å². The van der Waals surface area contributed by atoms with E-state index < -0.39 is 0 Å². The number of aryl methyl sites for hydroxylation is 1. The molecule has 0 aromatic heterocycles. The Balaban J connectivity index is 0.000000173. The second kappa shape index (κ2) is 13.5. The van der Waals surface area contributed by atoms with Crippen molar-refractivity contribution in [3.8, 4) is 28.0 Å². The fourth-order valence-corrected chi connectivity index (χ4v) is 4.15. The van der Waals surface area contributed by atoms with E-state index in [2.05, 4.69) is 97.1 Å². The highest BCUT2D eigenvalue weighted by Gasteiger charge is 2.05. The van der Waals surface area contributed by atoms with E-state index in [0.29, 0.717) is 5.69 Å². The van der Waals surface area contributed by atoms with Crippen LogP contribution in [0, 0.1) is 0 Å². The summed E-state index contributed by atoms with van der Waals surface area (Å²) in [5.74, 6) is 0.180. The van der Waals surface area contributed by atoms with E-state index in [4.69, 9.17) is 10.8 Å². The molecule has 0 atom stereocenters. The molecule has 0 radical (unpaired) electrons. The van der Waals surface area contributed by atoms with Crippen LogP contribution in [-0.4, -0.2) is 5.11 Å². The first kappa shape index (κ1) is 26.2. The highest BCUT2D eigenvalue weighted by atomic mass is 16.3. The van der Waals surface area contributed by atoms with Crippen LogP contribution in [0.15, 0.2) is 152 Å². The van der Waals surface area contributed by atoms with Gasteiger partial charge in [-0.15, -0.1) is 0 Å². The highest BCUT2D eigenvalue weighted by Crippen LogP contribution is 2.32. The minimum absolute atomic E-state index is 0.180. The molecule has 6 aromatic carbocycles. The first-order valence-corrected chi connectivity index (χ1v) is 12.9. The number of phenols is 1. The van der Waals surface area contributed by atoms with Crippen LogP contribution in [0.1, 0.15) is 12.5 Å². The number of benzene rings is 6. The first-order chi connectivity index (χ1) is 18.7. The maximum Gasteiger partial charge on any atom is 0.138 e. The minimum Gasteiger partial charge on any atom is -0.506 e. The number of nitrogen functional groups attached to an aromatic ring is 1. The van der Waals surface area contributed by atoms with Crippen LogP contribution in [0.25, 0.3) is 33.0 Å². The number of anilines is 1. The third kappa shape index (κ3) is 7.11. The van der Waals surface area contributed by atoms with Gasteiger partial charge in [0.2, 0.25) is 0 Å². The molecule has 0 spiro atoms. The Morgan fingerprint density at radius 3 is 1.68 bits per heavy atom.